The molecule has 1 saturated heterocycles. The van der Waals surface area contributed by atoms with Gasteiger partial charge in [0.1, 0.15) is 0 Å². The molecule has 4 heteroatoms. The van der Waals surface area contributed by atoms with E-state index in [4.69, 9.17) is 0 Å². The van der Waals surface area contributed by atoms with Crippen molar-refractivity contribution in [3.63, 3.8) is 0 Å². The molecule has 1 fully saturated rings. The number of carbonyl (C=O) groups is 1. The second kappa shape index (κ2) is 6.80. The maximum absolute atomic E-state index is 11.2. The molecule has 88 valence electrons. The molecule has 0 aliphatic carbocycles. The predicted octanol–water partition coefficient (Wildman–Crippen LogP) is 0.196. The van der Waals surface area contributed by atoms with Gasteiger partial charge in [-0.05, 0) is 33.4 Å². The average Bonchev–Trinajstić information content (AvgIpc) is 2.21. The van der Waals surface area contributed by atoms with Crippen LogP contribution in [0.1, 0.15) is 26.2 Å². The Labute approximate surface area is 92.4 Å². The molecule has 15 heavy (non-hydrogen) atoms. The number of hydrogen-bond donors (Lipinski definition) is 2. The van der Waals surface area contributed by atoms with E-state index in [2.05, 4.69) is 22.5 Å². The molecule has 4 nitrogen and oxygen atoms in total. The Bertz CT molecular complexity index is 196. The normalized spacial score (nSPS) is 22.7. The summed E-state index contributed by atoms with van der Waals surface area (Å²) in [6.07, 6.45) is 3.95. The molecule has 0 aromatic carbocycles. The number of hydrogen-bond acceptors (Lipinski definition) is 3. The standard InChI is InChI=1S/C11H23N3O/c1-10-5-3-4-7-14(10)8-6-13-11(15)9-12-2/h10,12H,3-9H2,1-2H3,(H,13,15). The minimum Gasteiger partial charge on any atom is -0.354 e. The van der Waals surface area contributed by atoms with Crippen LogP contribution in [0.3, 0.4) is 0 Å². The molecule has 0 bridgehead atoms. The molecule has 1 amide bonds. The highest BCUT2D eigenvalue weighted by molar-refractivity contribution is 5.77. The summed E-state index contributed by atoms with van der Waals surface area (Å²) in [4.78, 5) is 13.6. The van der Waals surface area contributed by atoms with Crippen LogP contribution in [0.4, 0.5) is 0 Å². The maximum atomic E-state index is 11.2. The number of likely N-dealkylation sites (tertiary alicyclic amines) is 1. The summed E-state index contributed by atoms with van der Waals surface area (Å²) in [5, 5.41) is 5.75. The van der Waals surface area contributed by atoms with Crippen LogP contribution in [-0.4, -0.2) is 50.1 Å². The zero-order valence-corrected chi connectivity index (χ0v) is 9.88. The van der Waals surface area contributed by atoms with Gasteiger partial charge in [0.25, 0.3) is 0 Å². The maximum Gasteiger partial charge on any atom is 0.233 e. The van der Waals surface area contributed by atoms with E-state index in [1.165, 1.54) is 25.8 Å². The van der Waals surface area contributed by atoms with Gasteiger partial charge in [-0.2, -0.15) is 0 Å². The number of piperidine rings is 1. The number of rotatable bonds is 5. The molecule has 1 aliphatic rings. The van der Waals surface area contributed by atoms with Crippen molar-refractivity contribution in [2.75, 3.05) is 33.2 Å². The fraction of sp³-hybridized carbons (Fsp3) is 0.909. The van der Waals surface area contributed by atoms with Crippen molar-refractivity contribution in [3.8, 4) is 0 Å². The highest BCUT2D eigenvalue weighted by atomic mass is 16.1. The lowest BCUT2D eigenvalue weighted by Crippen LogP contribution is -2.43. The van der Waals surface area contributed by atoms with Crippen LogP contribution >= 0.6 is 0 Å². The topological polar surface area (TPSA) is 44.4 Å². The molecule has 0 aromatic heterocycles. The third kappa shape index (κ3) is 4.62. The average molecular weight is 213 g/mol. The van der Waals surface area contributed by atoms with Crippen molar-refractivity contribution < 1.29 is 4.79 Å². The second-order valence-corrected chi connectivity index (χ2v) is 4.26. The van der Waals surface area contributed by atoms with E-state index >= 15 is 0 Å². The first-order valence-electron chi connectivity index (χ1n) is 5.89. The number of nitrogens with one attached hydrogen (secondary N) is 2. The van der Waals surface area contributed by atoms with Crippen molar-refractivity contribution in [1.82, 2.24) is 15.5 Å². The molecular formula is C11H23N3O. The molecule has 0 aromatic rings. The third-order valence-corrected chi connectivity index (χ3v) is 3.00. The Balaban J connectivity index is 2.10. The first-order chi connectivity index (χ1) is 7.24. The van der Waals surface area contributed by atoms with Crippen LogP contribution in [0.25, 0.3) is 0 Å². The Morgan fingerprint density at radius 1 is 1.47 bits per heavy atom. The zero-order chi connectivity index (χ0) is 11.1. The lowest BCUT2D eigenvalue weighted by Gasteiger charge is -2.33. The molecule has 1 atom stereocenters. The Morgan fingerprint density at radius 3 is 2.93 bits per heavy atom. The number of amides is 1. The van der Waals surface area contributed by atoms with E-state index in [0.717, 1.165) is 13.1 Å². The van der Waals surface area contributed by atoms with E-state index < -0.39 is 0 Å². The van der Waals surface area contributed by atoms with Gasteiger partial charge in [-0.1, -0.05) is 6.42 Å². The van der Waals surface area contributed by atoms with E-state index in [-0.39, 0.29) is 5.91 Å². The monoisotopic (exact) mass is 213 g/mol. The molecule has 0 radical (unpaired) electrons. The molecule has 1 aliphatic heterocycles. The van der Waals surface area contributed by atoms with Crippen molar-refractivity contribution in [1.29, 1.82) is 0 Å². The molecule has 1 unspecified atom stereocenters. The minimum absolute atomic E-state index is 0.0853. The summed E-state index contributed by atoms with van der Waals surface area (Å²) in [6, 6.07) is 0.681. The summed E-state index contributed by atoms with van der Waals surface area (Å²) in [6.45, 7) is 5.62. The number of likely N-dealkylation sites (N-methyl/N-ethyl adjacent to an activating group) is 1. The van der Waals surface area contributed by atoms with E-state index in [1.807, 2.05) is 0 Å². The van der Waals surface area contributed by atoms with E-state index in [1.54, 1.807) is 7.05 Å². The summed E-state index contributed by atoms with van der Waals surface area (Å²) in [5.41, 5.74) is 0. The Kier molecular flexibility index (Phi) is 5.65. The van der Waals surface area contributed by atoms with Gasteiger partial charge in [0, 0.05) is 19.1 Å². The highest BCUT2D eigenvalue weighted by Gasteiger charge is 2.17. The summed E-state index contributed by atoms with van der Waals surface area (Å²) < 4.78 is 0. The van der Waals surface area contributed by atoms with Crippen LogP contribution in [-0.2, 0) is 4.79 Å². The molecule has 1 rings (SSSR count). The smallest absolute Gasteiger partial charge is 0.233 e. The largest absolute Gasteiger partial charge is 0.354 e. The van der Waals surface area contributed by atoms with Crippen LogP contribution in [0.5, 0.6) is 0 Å². The summed E-state index contributed by atoms with van der Waals surface area (Å²) in [5.74, 6) is 0.0853. The van der Waals surface area contributed by atoms with Crippen LogP contribution in [0.15, 0.2) is 0 Å². The predicted molar refractivity (Wildman–Crippen MR) is 61.8 cm³/mol. The van der Waals surface area contributed by atoms with Crippen LogP contribution in [0, 0.1) is 0 Å². The molecular weight excluding hydrogens is 190 g/mol. The second-order valence-electron chi connectivity index (χ2n) is 4.26. The molecule has 2 N–H and O–H groups in total. The van der Waals surface area contributed by atoms with Gasteiger partial charge < -0.3 is 10.6 Å². The first kappa shape index (κ1) is 12.5. The number of nitrogens with zero attached hydrogens (tertiary/aromatic N) is 1. The van der Waals surface area contributed by atoms with Crippen molar-refractivity contribution in [2.24, 2.45) is 0 Å². The van der Waals surface area contributed by atoms with E-state index in [0.29, 0.717) is 12.6 Å². The molecule has 0 saturated carbocycles. The zero-order valence-electron chi connectivity index (χ0n) is 9.88. The van der Waals surface area contributed by atoms with Gasteiger partial charge in [-0.15, -0.1) is 0 Å². The fourth-order valence-electron chi connectivity index (χ4n) is 2.05. The Morgan fingerprint density at radius 2 is 2.27 bits per heavy atom. The lowest BCUT2D eigenvalue weighted by molar-refractivity contribution is -0.120. The fourth-order valence-corrected chi connectivity index (χ4v) is 2.05. The Hall–Kier alpha value is -0.610. The van der Waals surface area contributed by atoms with E-state index in [9.17, 15) is 4.79 Å². The third-order valence-electron chi connectivity index (χ3n) is 3.00. The SMILES string of the molecule is CNCC(=O)NCCN1CCCCC1C. The van der Waals surface area contributed by atoms with Gasteiger partial charge in [0.2, 0.25) is 5.91 Å². The van der Waals surface area contributed by atoms with Gasteiger partial charge in [0.05, 0.1) is 6.54 Å². The van der Waals surface area contributed by atoms with Crippen molar-refractivity contribution in [3.05, 3.63) is 0 Å². The minimum atomic E-state index is 0.0853. The quantitative estimate of drug-likeness (QED) is 0.685. The van der Waals surface area contributed by atoms with Crippen LogP contribution < -0.4 is 10.6 Å². The van der Waals surface area contributed by atoms with Gasteiger partial charge >= 0.3 is 0 Å². The molecule has 0 spiro atoms. The lowest BCUT2D eigenvalue weighted by atomic mass is 10.0. The van der Waals surface area contributed by atoms with Gasteiger partial charge in [-0.25, -0.2) is 0 Å². The number of carbonyl (C=O) groups excluding carboxylic acids is 1. The van der Waals surface area contributed by atoms with Crippen LogP contribution in [0.2, 0.25) is 0 Å². The highest BCUT2D eigenvalue weighted by Crippen LogP contribution is 2.15. The summed E-state index contributed by atoms with van der Waals surface area (Å²) >= 11 is 0. The van der Waals surface area contributed by atoms with Crippen molar-refractivity contribution >= 4 is 5.91 Å². The van der Waals surface area contributed by atoms with Gasteiger partial charge in [0.15, 0.2) is 0 Å². The van der Waals surface area contributed by atoms with Gasteiger partial charge in [-0.3, -0.25) is 9.69 Å². The molecule has 1 heterocycles. The summed E-state index contributed by atoms with van der Waals surface area (Å²) in [7, 11) is 1.78. The van der Waals surface area contributed by atoms with Crippen molar-refractivity contribution in [2.45, 2.75) is 32.2 Å². The first-order valence-corrected chi connectivity index (χ1v) is 5.89.